The number of hydrogen-bond donors (Lipinski definition) is 2. The summed E-state index contributed by atoms with van der Waals surface area (Å²) in [5.41, 5.74) is 1.77. The molecule has 0 bridgehead atoms. The summed E-state index contributed by atoms with van der Waals surface area (Å²) >= 11 is 6.84. The van der Waals surface area contributed by atoms with Gasteiger partial charge in [0.05, 0.1) is 5.01 Å². The first-order valence-electron chi connectivity index (χ1n) is 9.28. The van der Waals surface area contributed by atoms with Crippen LogP contribution in [0.5, 0.6) is 0 Å². The summed E-state index contributed by atoms with van der Waals surface area (Å²) in [5, 5.41) is 2.92. The monoisotopic (exact) mass is 385 g/mol. The maximum Gasteiger partial charge on any atom is 0.255 e. The van der Waals surface area contributed by atoms with Crippen LogP contribution in [0.3, 0.4) is 0 Å². The third-order valence-corrected chi connectivity index (χ3v) is 6.67. The Hall–Kier alpha value is -1.79. The first-order chi connectivity index (χ1) is 12.7. The molecule has 2 aliphatic carbocycles. The highest BCUT2D eigenvalue weighted by atomic mass is 32.1. The molecular formula is C20H23N3OS2. The number of nitrogens with one attached hydrogen (secondary N) is 2. The molecule has 0 aliphatic heterocycles. The molecule has 1 fully saturated rings. The van der Waals surface area contributed by atoms with E-state index in [1.807, 2.05) is 5.38 Å². The molecule has 6 heteroatoms. The highest BCUT2D eigenvalue weighted by Crippen LogP contribution is 2.40. The fraction of sp³-hybridized carbons (Fsp3) is 0.450. The van der Waals surface area contributed by atoms with E-state index in [2.05, 4.69) is 39.3 Å². The lowest BCUT2D eigenvalue weighted by molar-refractivity contribution is 0.262. The van der Waals surface area contributed by atoms with E-state index in [-0.39, 0.29) is 5.56 Å². The van der Waals surface area contributed by atoms with Gasteiger partial charge in [-0.25, -0.2) is 4.98 Å². The maximum atomic E-state index is 12.6. The van der Waals surface area contributed by atoms with E-state index in [9.17, 15) is 4.79 Å². The number of nitrogens with zero attached hydrogens (tertiary/aromatic N) is 1. The summed E-state index contributed by atoms with van der Waals surface area (Å²) in [6, 6.07) is 0. The lowest BCUT2D eigenvalue weighted by atomic mass is 9.72. The number of aromatic amines is 2. The van der Waals surface area contributed by atoms with Gasteiger partial charge < -0.3 is 4.98 Å². The zero-order chi connectivity index (χ0) is 17.9. The van der Waals surface area contributed by atoms with Crippen molar-refractivity contribution < 1.29 is 0 Å². The van der Waals surface area contributed by atoms with Crippen LogP contribution in [-0.4, -0.2) is 15.0 Å². The highest BCUT2D eigenvalue weighted by molar-refractivity contribution is 7.71. The van der Waals surface area contributed by atoms with Crippen LogP contribution in [0.25, 0.3) is 0 Å². The molecule has 2 aliphatic rings. The smallest absolute Gasteiger partial charge is 0.255 e. The summed E-state index contributed by atoms with van der Waals surface area (Å²) in [5.74, 6) is 1.81. The molecule has 4 rings (SSSR count). The van der Waals surface area contributed by atoms with Gasteiger partial charge in [0, 0.05) is 29.3 Å². The van der Waals surface area contributed by atoms with Gasteiger partial charge >= 0.3 is 0 Å². The van der Waals surface area contributed by atoms with Crippen molar-refractivity contribution in [2.75, 3.05) is 0 Å². The van der Waals surface area contributed by atoms with E-state index in [1.165, 1.54) is 12.8 Å². The fourth-order valence-corrected chi connectivity index (χ4v) is 5.16. The standard InChI is InChI=1S/C20H23N3OS2/c24-19-16(12-17-21-10-11-26-17)18(22-20(25)23-19)15-8-6-14(7-9-15)13-4-2-1-3-5-13/h1-4,10-11,13-15H,5-9,12H2,(H2,22,23,24,25). The van der Waals surface area contributed by atoms with E-state index >= 15 is 0 Å². The van der Waals surface area contributed by atoms with Crippen molar-refractivity contribution >= 4 is 23.6 Å². The Kier molecular flexibility index (Phi) is 5.31. The minimum Gasteiger partial charge on any atom is -0.335 e. The molecule has 0 aromatic carbocycles. The van der Waals surface area contributed by atoms with Crippen molar-refractivity contribution in [3.8, 4) is 0 Å². The van der Waals surface area contributed by atoms with Gasteiger partial charge in [-0.2, -0.15) is 0 Å². The molecule has 2 N–H and O–H groups in total. The van der Waals surface area contributed by atoms with Gasteiger partial charge in [0.1, 0.15) is 0 Å². The quantitative estimate of drug-likeness (QED) is 0.737. The normalized spacial score (nSPS) is 25.5. The second kappa shape index (κ2) is 7.84. The van der Waals surface area contributed by atoms with Crippen molar-refractivity contribution in [2.45, 2.75) is 44.4 Å². The number of rotatable bonds is 4. The Morgan fingerprint density at radius 3 is 2.73 bits per heavy atom. The molecule has 2 heterocycles. The van der Waals surface area contributed by atoms with Gasteiger partial charge in [-0.1, -0.05) is 24.3 Å². The van der Waals surface area contributed by atoms with Gasteiger partial charge in [-0.05, 0) is 62.1 Å². The van der Waals surface area contributed by atoms with Crippen LogP contribution in [0.4, 0.5) is 0 Å². The molecule has 1 unspecified atom stereocenters. The molecule has 2 aromatic heterocycles. The molecule has 0 saturated heterocycles. The average Bonchev–Trinajstić information content (AvgIpc) is 3.18. The topological polar surface area (TPSA) is 61.5 Å². The Morgan fingerprint density at radius 1 is 1.19 bits per heavy atom. The Balaban J connectivity index is 1.54. The number of aromatic nitrogens is 3. The molecule has 4 nitrogen and oxygen atoms in total. The Bertz CT molecular complexity index is 915. The van der Waals surface area contributed by atoms with Crippen LogP contribution in [0, 0.1) is 16.6 Å². The highest BCUT2D eigenvalue weighted by Gasteiger charge is 2.29. The minimum atomic E-state index is -0.0681. The predicted molar refractivity (Wildman–Crippen MR) is 108 cm³/mol. The SMILES string of the molecule is O=c1[nH]c(=S)[nH]c(C2CCC(C3C=CC=CC3)CC2)c1Cc1nccs1. The number of allylic oxidation sites excluding steroid dienone is 4. The van der Waals surface area contributed by atoms with E-state index in [4.69, 9.17) is 12.2 Å². The second-order valence-electron chi connectivity index (χ2n) is 7.23. The Labute approximate surface area is 162 Å². The van der Waals surface area contributed by atoms with Crippen molar-refractivity contribution in [2.24, 2.45) is 11.8 Å². The first kappa shape index (κ1) is 17.6. The molecule has 0 radical (unpaired) electrons. The van der Waals surface area contributed by atoms with Gasteiger partial charge in [0.2, 0.25) is 0 Å². The van der Waals surface area contributed by atoms with Crippen molar-refractivity contribution in [3.63, 3.8) is 0 Å². The molecular weight excluding hydrogens is 362 g/mol. The first-order valence-corrected chi connectivity index (χ1v) is 10.6. The third kappa shape index (κ3) is 3.81. The molecule has 1 saturated carbocycles. The zero-order valence-corrected chi connectivity index (χ0v) is 16.2. The number of hydrogen-bond acceptors (Lipinski definition) is 4. The van der Waals surface area contributed by atoms with Gasteiger partial charge in [0.15, 0.2) is 4.77 Å². The second-order valence-corrected chi connectivity index (χ2v) is 8.61. The summed E-state index contributed by atoms with van der Waals surface area (Å²) < 4.78 is 0.426. The van der Waals surface area contributed by atoms with Crippen molar-refractivity contribution in [1.82, 2.24) is 15.0 Å². The maximum absolute atomic E-state index is 12.6. The molecule has 0 amide bonds. The fourth-order valence-electron chi connectivity index (χ4n) is 4.33. The van der Waals surface area contributed by atoms with Crippen LogP contribution in [0.1, 0.15) is 54.3 Å². The van der Waals surface area contributed by atoms with Gasteiger partial charge in [-0.15, -0.1) is 11.3 Å². The molecule has 0 spiro atoms. The number of thiazole rings is 1. The minimum absolute atomic E-state index is 0.0681. The zero-order valence-electron chi connectivity index (χ0n) is 14.6. The van der Waals surface area contributed by atoms with E-state index in [0.29, 0.717) is 23.0 Å². The van der Waals surface area contributed by atoms with E-state index in [0.717, 1.165) is 41.4 Å². The molecule has 136 valence electrons. The predicted octanol–water partition coefficient (Wildman–Crippen LogP) is 4.89. The van der Waals surface area contributed by atoms with E-state index in [1.54, 1.807) is 17.5 Å². The molecule has 2 aromatic rings. The third-order valence-electron chi connectivity index (χ3n) is 5.69. The summed E-state index contributed by atoms with van der Waals surface area (Å²) in [6.07, 6.45) is 17.1. The largest absolute Gasteiger partial charge is 0.335 e. The van der Waals surface area contributed by atoms with Crippen LogP contribution < -0.4 is 5.56 Å². The lowest BCUT2D eigenvalue weighted by Gasteiger charge is -2.33. The lowest BCUT2D eigenvalue weighted by Crippen LogP contribution is -2.25. The van der Waals surface area contributed by atoms with Crippen LogP contribution in [0.15, 0.2) is 40.7 Å². The van der Waals surface area contributed by atoms with Crippen LogP contribution >= 0.6 is 23.6 Å². The number of H-pyrrole nitrogens is 2. The van der Waals surface area contributed by atoms with Crippen LogP contribution in [0.2, 0.25) is 0 Å². The molecule has 1 atom stereocenters. The summed E-state index contributed by atoms with van der Waals surface area (Å²) in [7, 11) is 0. The van der Waals surface area contributed by atoms with Crippen LogP contribution in [-0.2, 0) is 6.42 Å². The summed E-state index contributed by atoms with van der Waals surface area (Å²) in [4.78, 5) is 23.0. The molecule has 26 heavy (non-hydrogen) atoms. The average molecular weight is 386 g/mol. The Morgan fingerprint density at radius 2 is 2.04 bits per heavy atom. The van der Waals surface area contributed by atoms with Crippen molar-refractivity contribution in [1.29, 1.82) is 0 Å². The van der Waals surface area contributed by atoms with Crippen molar-refractivity contribution in [3.05, 3.63) is 67.3 Å². The summed E-state index contributed by atoms with van der Waals surface area (Å²) in [6.45, 7) is 0. The van der Waals surface area contributed by atoms with Gasteiger partial charge in [-0.3, -0.25) is 9.78 Å². The van der Waals surface area contributed by atoms with E-state index < -0.39 is 0 Å². The van der Waals surface area contributed by atoms with Gasteiger partial charge in [0.25, 0.3) is 5.56 Å².